The number of nitrogens with zero attached hydrogens (tertiary/aromatic N) is 2. The van der Waals surface area contributed by atoms with Crippen LogP contribution in [-0.4, -0.2) is 41.8 Å². The molecule has 6 heteroatoms. The molecule has 1 unspecified atom stereocenters. The molecule has 1 fully saturated rings. The number of ether oxygens (including phenoxy) is 1. The molecule has 0 bridgehead atoms. The van der Waals surface area contributed by atoms with Crippen molar-refractivity contribution < 1.29 is 9.53 Å². The fraction of sp³-hybridized carbons (Fsp3) is 0.444. The molecule has 1 aliphatic heterocycles. The lowest BCUT2D eigenvalue weighted by atomic mass is 10.3. The lowest BCUT2D eigenvalue weighted by molar-refractivity contribution is 0.0583. The SMILES string of the molecule is O=C(NC1COCCN1)c1ccncn1. The number of amides is 1. The largest absolute Gasteiger partial charge is 0.377 e. The van der Waals surface area contributed by atoms with Gasteiger partial charge < -0.3 is 10.1 Å². The zero-order chi connectivity index (χ0) is 10.5. The average Bonchev–Trinajstić information content (AvgIpc) is 2.31. The quantitative estimate of drug-likeness (QED) is 0.662. The Labute approximate surface area is 87.1 Å². The van der Waals surface area contributed by atoms with Gasteiger partial charge in [-0.05, 0) is 6.07 Å². The van der Waals surface area contributed by atoms with Gasteiger partial charge in [-0.1, -0.05) is 0 Å². The van der Waals surface area contributed by atoms with Crippen molar-refractivity contribution in [3.63, 3.8) is 0 Å². The fourth-order valence-electron chi connectivity index (χ4n) is 1.32. The van der Waals surface area contributed by atoms with E-state index < -0.39 is 0 Å². The lowest BCUT2D eigenvalue weighted by Gasteiger charge is -2.24. The zero-order valence-electron chi connectivity index (χ0n) is 8.14. The van der Waals surface area contributed by atoms with Gasteiger partial charge in [0.2, 0.25) is 0 Å². The Morgan fingerprint density at radius 3 is 3.27 bits per heavy atom. The van der Waals surface area contributed by atoms with Gasteiger partial charge in [0.05, 0.1) is 13.2 Å². The molecule has 1 atom stereocenters. The Morgan fingerprint density at radius 1 is 1.67 bits per heavy atom. The van der Waals surface area contributed by atoms with Crippen LogP contribution in [0.4, 0.5) is 0 Å². The predicted octanol–water partition coefficient (Wildman–Crippen LogP) is -0.848. The Kier molecular flexibility index (Phi) is 3.21. The van der Waals surface area contributed by atoms with E-state index in [1.54, 1.807) is 6.07 Å². The van der Waals surface area contributed by atoms with Gasteiger partial charge in [0.1, 0.15) is 18.2 Å². The van der Waals surface area contributed by atoms with Gasteiger partial charge in [0.25, 0.3) is 5.91 Å². The molecule has 1 aromatic rings. The van der Waals surface area contributed by atoms with Crippen molar-refractivity contribution in [2.75, 3.05) is 19.8 Å². The monoisotopic (exact) mass is 208 g/mol. The van der Waals surface area contributed by atoms with Crippen LogP contribution in [0.15, 0.2) is 18.6 Å². The molecule has 0 aromatic carbocycles. The molecule has 2 N–H and O–H groups in total. The molecule has 1 aromatic heterocycles. The maximum absolute atomic E-state index is 11.6. The van der Waals surface area contributed by atoms with Gasteiger partial charge in [-0.2, -0.15) is 0 Å². The first-order valence-electron chi connectivity index (χ1n) is 4.74. The summed E-state index contributed by atoms with van der Waals surface area (Å²) in [5.41, 5.74) is 0.359. The maximum Gasteiger partial charge on any atom is 0.271 e. The molecular weight excluding hydrogens is 196 g/mol. The normalized spacial score (nSPS) is 20.9. The third kappa shape index (κ3) is 2.71. The first-order valence-corrected chi connectivity index (χ1v) is 4.74. The number of hydrogen-bond acceptors (Lipinski definition) is 5. The summed E-state index contributed by atoms with van der Waals surface area (Å²) in [5, 5.41) is 5.89. The minimum atomic E-state index is -0.222. The van der Waals surface area contributed by atoms with Crippen molar-refractivity contribution in [3.05, 3.63) is 24.3 Å². The number of hydrogen-bond donors (Lipinski definition) is 2. The Hall–Kier alpha value is -1.53. The molecule has 0 saturated carbocycles. The first-order chi connectivity index (χ1) is 7.36. The molecule has 1 aliphatic rings. The highest BCUT2D eigenvalue weighted by Gasteiger charge is 2.16. The number of carbonyl (C=O) groups excluding carboxylic acids is 1. The Morgan fingerprint density at radius 2 is 2.60 bits per heavy atom. The third-order valence-corrected chi connectivity index (χ3v) is 2.04. The number of nitrogens with one attached hydrogen (secondary N) is 2. The van der Waals surface area contributed by atoms with Crippen LogP contribution in [-0.2, 0) is 4.74 Å². The van der Waals surface area contributed by atoms with Crippen molar-refractivity contribution in [1.29, 1.82) is 0 Å². The Bertz CT molecular complexity index is 324. The topological polar surface area (TPSA) is 76.1 Å². The van der Waals surface area contributed by atoms with Crippen molar-refractivity contribution in [3.8, 4) is 0 Å². The number of morpholine rings is 1. The van der Waals surface area contributed by atoms with Crippen molar-refractivity contribution >= 4 is 5.91 Å². The van der Waals surface area contributed by atoms with E-state index in [-0.39, 0.29) is 12.1 Å². The van der Waals surface area contributed by atoms with E-state index in [1.165, 1.54) is 12.5 Å². The van der Waals surface area contributed by atoms with Crippen LogP contribution >= 0.6 is 0 Å². The number of rotatable bonds is 2. The molecule has 6 nitrogen and oxygen atoms in total. The van der Waals surface area contributed by atoms with Crippen LogP contribution in [0.25, 0.3) is 0 Å². The molecule has 0 aliphatic carbocycles. The third-order valence-electron chi connectivity index (χ3n) is 2.04. The van der Waals surface area contributed by atoms with Crippen LogP contribution < -0.4 is 10.6 Å². The molecule has 1 amide bonds. The molecule has 0 radical (unpaired) electrons. The highest BCUT2D eigenvalue weighted by Crippen LogP contribution is 1.94. The van der Waals surface area contributed by atoms with Gasteiger partial charge in [-0.25, -0.2) is 9.97 Å². The second kappa shape index (κ2) is 4.81. The van der Waals surface area contributed by atoms with Gasteiger partial charge >= 0.3 is 0 Å². The highest BCUT2D eigenvalue weighted by molar-refractivity contribution is 5.92. The molecule has 1 saturated heterocycles. The van der Waals surface area contributed by atoms with E-state index in [9.17, 15) is 4.79 Å². The molecule has 2 rings (SSSR count). The summed E-state index contributed by atoms with van der Waals surface area (Å²) in [6, 6.07) is 1.57. The number of aromatic nitrogens is 2. The second-order valence-corrected chi connectivity index (χ2v) is 3.15. The van der Waals surface area contributed by atoms with E-state index in [0.29, 0.717) is 18.9 Å². The molecule has 2 heterocycles. The van der Waals surface area contributed by atoms with E-state index in [0.717, 1.165) is 6.54 Å². The van der Waals surface area contributed by atoms with Gasteiger partial charge in [-0.3, -0.25) is 10.1 Å². The number of carbonyl (C=O) groups is 1. The summed E-state index contributed by atoms with van der Waals surface area (Å²) in [6.45, 7) is 1.91. The maximum atomic E-state index is 11.6. The smallest absolute Gasteiger partial charge is 0.271 e. The van der Waals surface area contributed by atoms with Crippen LogP contribution in [0.3, 0.4) is 0 Å². The van der Waals surface area contributed by atoms with Crippen LogP contribution in [0.2, 0.25) is 0 Å². The summed E-state index contributed by atoms with van der Waals surface area (Å²) in [7, 11) is 0. The molecular formula is C9H12N4O2. The van der Waals surface area contributed by atoms with E-state index in [1.807, 2.05) is 0 Å². The minimum Gasteiger partial charge on any atom is -0.377 e. The van der Waals surface area contributed by atoms with E-state index >= 15 is 0 Å². The van der Waals surface area contributed by atoms with E-state index in [2.05, 4.69) is 20.6 Å². The van der Waals surface area contributed by atoms with Crippen LogP contribution in [0, 0.1) is 0 Å². The fourth-order valence-corrected chi connectivity index (χ4v) is 1.32. The summed E-state index contributed by atoms with van der Waals surface area (Å²) in [6.07, 6.45) is 2.74. The summed E-state index contributed by atoms with van der Waals surface area (Å²) in [4.78, 5) is 19.2. The summed E-state index contributed by atoms with van der Waals surface area (Å²) < 4.78 is 5.21. The molecule has 0 spiro atoms. The molecule has 80 valence electrons. The predicted molar refractivity (Wildman–Crippen MR) is 52.1 cm³/mol. The van der Waals surface area contributed by atoms with Crippen molar-refractivity contribution in [1.82, 2.24) is 20.6 Å². The standard InChI is InChI=1S/C9H12N4O2/c14-9(7-1-2-10-6-12-7)13-8-5-15-4-3-11-8/h1-2,6,8,11H,3-5H2,(H,13,14). The summed E-state index contributed by atoms with van der Waals surface area (Å²) in [5.74, 6) is -0.222. The highest BCUT2D eigenvalue weighted by atomic mass is 16.5. The van der Waals surface area contributed by atoms with Crippen molar-refractivity contribution in [2.45, 2.75) is 6.17 Å². The molecule has 15 heavy (non-hydrogen) atoms. The van der Waals surface area contributed by atoms with Crippen molar-refractivity contribution in [2.24, 2.45) is 0 Å². The van der Waals surface area contributed by atoms with Gasteiger partial charge in [-0.15, -0.1) is 0 Å². The summed E-state index contributed by atoms with van der Waals surface area (Å²) >= 11 is 0. The van der Waals surface area contributed by atoms with Crippen LogP contribution in [0.5, 0.6) is 0 Å². The minimum absolute atomic E-state index is 0.138. The average molecular weight is 208 g/mol. The Balaban J connectivity index is 1.91. The van der Waals surface area contributed by atoms with Gasteiger partial charge in [0.15, 0.2) is 0 Å². The zero-order valence-corrected chi connectivity index (χ0v) is 8.14. The second-order valence-electron chi connectivity index (χ2n) is 3.15. The van der Waals surface area contributed by atoms with E-state index in [4.69, 9.17) is 4.74 Å². The first kappa shape index (κ1) is 10.0. The van der Waals surface area contributed by atoms with Gasteiger partial charge in [0, 0.05) is 12.7 Å². The lowest BCUT2D eigenvalue weighted by Crippen LogP contribution is -2.52. The van der Waals surface area contributed by atoms with Crippen LogP contribution in [0.1, 0.15) is 10.5 Å².